The maximum absolute atomic E-state index is 12.9. The molecule has 1 aromatic heterocycles. The second-order valence-corrected chi connectivity index (χ2v) is 4.49. The van der Waals surface area contributed by atoms with E-state index in [-0.39, 0.29) is 5.82 Å². The Kier molecular flexibility index (Phi) is 5.22. The van der Waals surface area contributed by atoms with Gasteiger partial charge in [0.1, 0.15) is 17.3 Å². The van der Waals surface area contributed by atoms with Gasteiger partial charge in [0.05, 0.1) is 6.21 Å². The Bertz CT molecular complexity index is 649. The van der Waals surface area contributed by atoms with E-state index in [1.165, 1.54) is 18.3 Å². The molecule has 0 radical (unpaired) electrons. The minimum Gasteiger partial charge on any atom is -0.455 e. The number of rotatable bonds is 5. The van der Waals surface area contributed by atoms with E-state index >= 15 is 0 Å². The van der Waals surface area contributed by atoms with Gasteiger partial charge in [0, 0.05) is 12.1 Å². The van der Waals surface area contributed by atoms with E-state index < -0.39 is 0 Å². The largest absolute Gasteiger partial charge is 0.455 e. The minimum atomic E-state index is -0.281. The molecular formula is C15H14FN3OS. The van der Waals surface area contributed by atoms with Crippen LogP contribution in [0.2, 0.25) is 0 Å². The van der Waals surface area contributed by atoms with Crippen molar-refractivity contribution in [3.05, 3.63) is 60.6 Å². The zero-order chi connectivity index (χ0) is 15.1. The molecule has 0 aliphatic heterocycles. The number of halogens is 1. The zero-order valence-corrected chi connectivity index (χ0v) is 12.0. The number of nitrogens with one attached hydrogen (secondary N) is 2. The van der Waals surface area contributed by atoms with E-state index in [2.05, 4.69) is 22.4 Å². The van der Waals surface area contributed by atoms with Crippen LogP contribution in [0.5, 0.6) is 0 Å². The fourth-order valence-corrected chi connectivity index (χ4v) is 1.69. The van der Waals surface area contributed by atoms with Crippen LogP contribution in [-0.2, 0) is 0 Å². The Balaban J connectivity index is 1.95. The second kappa shape index (κ2) is 7.35. The van der Waals surface area contributed by atoms with Crippen LogP contribution < -0.4 is 10.7 Å². The first-order valence-electron chi connectivity index (χ1n) is 6.22. The molecule has 108 valence electrons. The van der Waals surface area contributed by atoms with Crippen molar-refractivity contribution in [1.82, 2.24) is 10.7 Å². The fourth-order valence-electron chi connectivity index (χ4n) is 1.55. The van der Waals surface area contributed by atoms with Crippen LogP contribution in [0.4, 0.5) is 4.39 Å². The molecule has 0 saturated heterocycles. The smallest absolute Gasteiger partial charge is 0.187 e. The molecule has 0 amide bonds. The second-order valence-electron chi connectivity index (χ2n) is 4.08. The topological polar surface area (TPSA) is 49.6 Å². The van der Waals surface area contributed by atoms with E-state index in [1.54, 1.807) is 30.3 Å². The van der Waals surface area contributed by atoms with Gasteiger partial charge in [-0.25, -0.2) is 4.39 Å². The van der Waals surface area contributed by atoms with Gasteiger partial charge in [-0.15, -0.1) is 6.58 Å². The summed E-state index contributed by atoms with van der Waals surface area (Å²) in [6, 6.07) is 9.64. The monoisotopic (exact) mass is 303 g/mol. The van der Waals surface area contributed by atoms with E-state index in [4.69, 9.17) is 16.6 Å². The van der Waals surface area contributed by atoms with Crippen LogP contribution in [0, 0.1) is 5.82 Å². The molecule has 21 heavy (non-hydrogen) atoms. The number of hydrazone groups is 1. The molecule has 1 heterocycles. The molecule has 4 nitrogen and oxygen atoms in total. The maximum atomic E-state index is 12.9. The number of thiocarbonyl (C=S) groups is 1. The quantitative estimate of drug-likeness (QED) is 0.386. The summed E-state index contributed by atoms with van der Waals surface area (Å²) in [6.45, 7) is 4.14. The van der Waals surface area contributed by atoms with Gasteiger partial charge in [0.2, 0.25) is 0 Å². The van der Waals surface area contributed by atoms with E-state index in [0.717, 1.165) is 5.56 Å². The van der Waals surface area contributed by atoms with Crippen LogP contribution >= 0.6 is 12.2 Å². The minimum absolute atomic E-state index is 0.281. The van der Waals surface area contributed by atoms with Gasteiger partial charge in [-0.2, -0.15) is 5.10 Å². The van der Waals surface area contributed by atoms with Gasteiger partial charge in [-0.05, 0) is 48.6 Å². The molecule has 0 atom stereocenters. The van der Waals surface area contributed by atoms with Crippen molar-refractivity contribution >= 4 is 23.5 Å². The Labute approximate surface area is 127 Å². The molecule has 1 aromatic carbocycles. The maximum Gasteiger partial charge on any atom is 0.187 e. The predicted octanol–water partition coefficient (Wildman–Crippen LogP) is 3.07. The average molecular weight is 303 g/mol. The summed E-state index contributed by atoms with van der Waals surface area (Å²) in [5.41, 5.74) is 3.45. The summed E-state index contributed by atoms with van der Waals surface area (Å²) >= 11 is 4.98. The highest BCUT2D eigenvalue weighted by Crippen LogP contribution is 2.21. The summed E-state index contributed by atoms with van der Waals surface area (Å²) < 4.78 is 18.4. The Morgan fingerprint density at radius 3 is 2.76 bits per heavy atom. The van der Waals surface area contributed by atoms with Gasteiger partial charge in [0.15, 0.2) is 5.11 Å². The molecule has 6 heteroatoms. The third-order valence-corrected chi connectivity index (χ3v) is 2.76. The normalized spacial score (nSPS) is 10.5. The molecule has 2 aromatic rings. The Morgan fingerprint density at radius 2 is 2.05 bits per heavy atom. The Morgan fingerprint density at radius 1 is 1.29 bits per heavy atom. The number of benzene rings is 1. The third-order valence-electron chi connectivity index (χ3n) is 2.52. The van der Waals surface area contributed by atoms with Crippen molar-refractivity contribution in [3.8, 4) is 11.3 Å². The van der Waals surface area contributed by atoms with Crippen LogP contribution in [0.15, 0.2) is 58.6 Å². The van der Waals surface area contributed by atoms with Crippen LogP contribution in [0.25, 0.3) is 11.3 Å². The van der Waals surface area contributed by atoms with Gasteiger partial charge in [-0.3, -0.25) is 5.43 Å². The zero-order valence-electron chi connectivity index (χ0n) is 11.2. The van der Waals surface area contributed by atoms with Crippen molar-refractivity contribution in [2.45, 2.75) is 0 Å². The summed E-state index contributed by atoms with van der Waals surface area (Å²) in [5, 5.41) is 7.23. The molecule has 0 aliphatic rings. The number of hydrogen-bond acceptors (Lipinski definition) is 3. The molecular weight excluding hydrogens is 289 g/mol. The number of hydrogen-bond donors (Lipinski definition) is 2. The molecule has 0 spiro atoms. The van der Waals surface area contributed by atoms with E-state index in [1.807, 2.05) is 0 Å². The standard InChI is InChI=1S/C15H14FN3OS/c1-2-9-17-15(21)19-18-10-13-7-8-14(20-13)11-3-5-12(16)6-4-11/h2-8,10H,1,9H2,(H2,17,19,21)/b18-10+. The highest BCUT2D eigenvalue weighted by Gasteiger charge is 2.03. The van der Waals surface area contributed by atoms with Crippen molar-refractivity contribution < 1.29 is 8.81 Å². The lowest BCUT2D eigenvalue weighted by atomic mass is 10.2. The van der Waals surface area contributed by atoms with Crippen LogP contribution in [-0.4, -0.2) is 17.9 Å². The summed E-state index contributed by atoms with van der Waals surface area (Å²) in [4.78, 5) is 0. The highest BCUT2D eigenvalue weighted by molar-refractivity contribution is 7.80. The number of nitrogens with zero attached hydrogens (tertiary/aromatic N) is 1. The summed E-state index contributed by atoms with van der Waals surface area (Å²) in [6.07, 6.45) is 3.20. The lowest BCUT2D eigenvalue weighted by Gasteiger charge is -2.02. The molecule has 2 N–H and O–H groups in total. The first-order valence-corrected chi connectivity index (χ1v) is 6.63. The van der Waals surface area contributed by atoms with E-state index in [9.17, 15) is 4.39 Å². The first-order chi connectivity index (χ1) is 10.2. The lowest BCUT2D eigenvalue weighted by molar-refractivity contribution is 0.574. The van der Waals surface area contributed by atoms with Gasteiger partial charge in [-0.1, -0.05) is 6.08 Å². The molecule has 0 fully saturated rings. The molecule has 0 saturated carbocycles. The van der Waals surface area contributed by atoms with Crippen molar-refractivity contribution in [2.24, 2.45) is 5.10 Å². The fraction of sp³-hybridized carbons (Fsp3) is 0.0667. The van der Waals surface area contributed by atoms with Crippen molar-refractivity contribution in [3.63, 3.8) is 0 Å². The third kappa shape index (κ3) is 4.54. The SMILES string of the molecule is C=CCNC(=S)N/N=C/c1ccc(-c2ccc(F)cc2)o1. The van der Waals surface area contributed by atoms with E-state index in [0.29, 0.717) is 23.2 Å². The summed E-state index contributed by atoms with van der Waals surface area (Å²) in [7, 11) is 0. The first kappa shape index (κ1) is 14.9. The summed E-state index contributed by atoms with van der Waals surface area (Å²) in [5.74, 6) is 0.925. The molecule has 0 bridgehead atoms. The van der Waals surface area contributed by atoms with Gasteiger partial charge in [0.25, 0.3) is 0 Å². The molecule has 0 unspecified atom stereocenters. The van der Waals surface area contributed by atoms with Crippen LogP contribution in [0.1, 0.15) is 5.76 Å². The Hall–Kier alpha value is -2.47. The van der Waals surface area contributed by atoms with Crippen molar-refractivity contribution in [1.29, 1.82) is 0 Å². The molecule has 0 aliphatic carbocycles. The highest BCUT2D eigenvalue weighted by atomic mass is 32.1. The lowest BCUT2D eigenvalue weighted by Crippen LogP contribution is -2.31. The van der Waals surface area contributed by atoms with Crippen LogP contribution in [0.3, 0.4) is 0 Å². The number of furan rings is 1. The average Bonchev–Trinajstić information content (AvgIpc) is 2.95. The van der Waals surface area contributed by atoms with Gasteiger partial charge >= 0.3 is 0 Å². The van der Waals surface area contributed by atoms with Gasteiger partial charge < -0.3 is 9.73 Å². The van der Waals surface area contributed by atoms with Crippen molar-refractivity contribution in [2.75, 3.05) is 6.54 Å². The molecule has 2 rings (SSSR count). The predicted molar refractivity (Wildman–Crippen MR) is 85.6 cm³/mol.